The monoisotopic (exact) mass is 371 g/mol. The summed E-state index contributed by atoms with van der Waals surface area (Å²) in [7, 11) is 0. The molecule has 1 fully saturated rings. The van der Waals surface area contributed by atoms with Gasteiger partial charge in [0.25, 0.3) is 5.91 Å². The first-order chi connectivity index (χ1) is 12.6. The van der Waals surface area contributed by atoms with Crippen LogP contribution in [0.15, 0.2) is 24.3 Å². The highest BCUT2D eigenvalue weighted by Gasteiger charge is 2.20. The van der Waals surface area contributed by atoms with Gasteiger partial charge in [0.15, 0.2) is 0 Å². The molecule has 3 rings (SSSR count). The topological polar surface area (TPSA) is 62.3 Å². The Bertz CT molecular complexity index is 800. The van der Waals surface area contributed by atoms with Crippen molar-refractivity contribution in [2.75, 3.05) is 11.4 Å². The Morgan fingerprint density at radius 1 is 1.35 bits per heavy atom. The molecule has 2 aromatic rings. The van der Waals surface area contributed by atoms with Crippen molar-refractivity contribution in [2.45, 2.75) is 52.5 Å². The standard InChI is InChI=1S/C20H25N3O2S/c1-3-7-17-22-14(2)19(26-17)20(25)21-13-15-8-6-9-16(12-15)23-11-5-4-10-18(23)24/h6,8-9,12H,3-5,7,10-11,13H2,1-2H3,(H,21,25). The number of nitrogens with one attached hydrogen (secondary N) is 1. The molecule has 1 aromatic carbocycles. The number of hydrogen-bond donors (Lipinski definition) is 1. The van der Waals surface area contributed by atoms with Gasteiger partial charge in [0.1, 0.15) is 4.88 Å². The van der Waals surface area contributed by atoms with Crippen LogP contribution >= 0.6 is 11.3 Å². The third kappa shape index (κ3) is 4.30. The molecule has 26 heavy (non-hydrogen) atoms. The summed E-state index contributed by atoms with van der Waals surface area (Å²) in [6.45, 7) is 5.20. The first-order valence-corrected chi connectivity index (χ1v) is 10.0. The minimum absolute atomic E-state index is 0.0817. The first kappa shape index (κ1) is 18.6. The molecular weight excluding hydrogens is 346 g/mol. The van der Waals surface area contributed by atoms with E-state index in [-0.39, 0.29) is 11.8 Å². The predicted molar refractivity (Wildman–Crippen MR) is 105 cm³/mol. The molecule has 0 radical (unpaired) electrons. The molecule has 1 aliphatic heterocycles. The highest BCUT2D eigenvalue weighted by Crippen LogP contribution is 2.22. The van der Waals surface area contributed by atoms with E-state index in [1.54, 1.807) is 0 Å². The van der Waals surface area contributed by atoms with Crippen LogP contribution in [-0.2, 0) is 17.8 Å². The number of amides is 2. The molecule has 6 heteroatoms. The van der Waals surface area contributed by atoms with Gasteiger partial charge in [-0.15, -0.1) is 11.3 Å². The maximum absolute atomic E-state index is 12.5. The van der Waals surface area contributed by atoms with Crippen molar-refractivity contribution >= 4 is 28.8 Å². The minimum Gasteiger partial charge on any atom is -0.347 e. The number of piperidine rings is 1. The molecule has 1 aliphatic rings. The summed E-state index contributed by atoms with van der Waals surface area (Å²) in [6, 6.07) is 7.86. The lowest BCUT2D eigenvalue weighted by Crippen LogP contribution is -2.35. The van der Waals surface area contributed by atoms with E-state index in [1.165, 1.54) is 11.3 Å². The number of aryl methyl sites for hydroxylation is 2. The maximum atomic E-state index is 12.5. The third-order valence-corrected chi connectivity index (χ3v) is 5.73. The fraction of sp³-hybridized carbons (Fsp3) is 0.450. The van der Waals surface area contributed by atoms with Crippen LogP contribution in [-0.4, -0.2) is 23.3 Å². The fourth-order valence-electron chi connectivity index (χ4n) is 3.16. The van der Waals surface area contributed by atoms with Gasteiger partial charge in [0, 0.05) is 25.2 Å². The summed E-state index contributed by atoms with van der Waals surface area (Å²) < 4.78 is 0. The van der Waals surface area contributed by atoms with Crippen molar-refractivity contribution in [2.24, 2.45) is 0 Å². The van der Waals surface area contributed by atoms with Gasteiger partial charge in [0.2, 0.25) is 5.91 Å². The Balaban J connectivity index is 1.65. The number of rotatable bonds is 6. The molecule has 1 aromatic heterocycles. The van der Waals surface area contributed by atoms with Crippen LogP contribution in [0, 0.1) is 6.92 Å². The third-order valence-electron chi connectivity index (χ3n) is 4.51. The molecule has 138 valence electrons. The average molecular weight is 372 g/mol. The largest absolute Gasteiger partial charge is 0.347 e. The van der Waals surface area contributed by atoms with E-state index in [0.717, 1.165) is 54.2 Å². The van der Waals surface area contributed by atoms with Crippen LogP contribution in [0.2, 0.25) is 0 Å². The number of carbonyl (C=O) groups is 2. The summed E-state index contributed by atoms with van der Waals surface area (Å²) in [6.07, 6.45) is 4.56. The van der Waals surface area contributed by atoms with Crippen LogP contribution in [0.5, 0.6) is 0 Å². The van der Waals surface area contributed by atoms with Crippen molar-refractivity contribution < 1.29 is 9.59 Å². The van der Waals surface area contributed by atoms with Crippen LogP contribution in [0.3, 0.4) is 0 Å². The molecule has 0 bridgehead atoms. The van der Waals surface area contributed by atoms with E-state index in [2.05, 4.69) is 17.2 Å². The van der Waals surface area contributed by atoms with Gasteiger partial charge in [-0.3, -0.25) is 9.59 Å². The smallest absolute Gasteiger partial charge is 0.263 e. The van der Waals surface area contributed by atoms with E-state index in [4.69, 9.17) is 0 Å². The van der Waals surface area contributed by atoms with E-state index in [9.17, 15) is 9.59 Å². The molecule has 0 saturated carbocycles. The van der Waals surface area contributed by atoms with Gasteiger partial charge in [-0.25, -0.2) is 4.98 Å². The zero-order chi connectivity index (χ0) is 18.5. The first-order valence-electron chi connectivity index (χ1n) is 9.22. The second-order valence-electron chi connectivity index (χ2n) is 6.63. The number of nitrogens with zero attached hydrogens (tertiary/aromatic N) is 2. The highest BCUT2D eigenvalue weighted by atomic mass is 32.1. The molecule has 1 saturated heterocycles. The van der Waals surface area contributed by atoms with Crippen molar-refractivity contribution in [3.8, 4) is 0 Å². The summed E-state index contributed by atoms with van der Waals surface area (Å²) in [4.78, 5) is 31.6. The average Bonchev–Trinajstić information content (AvgIpc) is 3.01. The van der Waals surface area contributed by atoms with Crippen molar-refractivity contribution in [1.82, 2.24) is 10.3 Å². The van der Waals surface area contributed by atoms with E-state index < -0.39 is 0 Å². The lowest BCUT2D eigenvalue weighted by molar-refractivity contribution is -0.119. The van der Waals surface area contributed by atoms with Crippen LogP contribution in [0.1, 0.15) is 58.5 Å². The number of benzene rings is 1. The fourth-order valence-corrected chi connectivity index (χ4v) is 4.24. The second-order valence-corrected chi connectivity index (χ2v) is 7.71. The van der Waals surface area contributed by atoms with Crippen molar-refractivity contribution in [3.05, 3.63) is 45.4 Å². The van der Waals surface area contributed by atoms with Gasteiger partial charge < -0.3 is 10.2 Å². The lowest BCUT2D eigenvalue weighted by atomic mass is 10.1. The van der Waals surface area contributed by atoms with Gasteiger partial charge in [-0.05, 0) is 50.3 Å². The second kappa shape index (κ2) is 8.45. The Morgan fingerprint density at radius 2 is 2.19 bits per heavy atom. The molecule has 2 amide bonds. The van der Waals surface area contributed by atoms with E-state index in [0.29, 0.717) is 17.8 Å². The molecule has 2 heterocycles. The minimum atomic E-state index is -0.0817. The number of thiazole rings is 1. The van der Waals surface area contributed by atoms with Gasteiger partial charge in [0.05, 0.1) is 10.7 Å². The Morgan fingerprint density at radius 3 is 2.96 bits per heavy atom. The SMILES string of the molecule is CCCc1nc(C)c(C(=O)NCc2cccc(N3CCCCC3=O)c2)s1. The summed E-state index contributed by atoms with van der Waals surface area (Å²) in [5.74, 6) is 0.1000. The zero-order valence-corrected chi connectivity index (χ0v) is 16.2. The predicted octanol–water partition coefficient (Wildman–Crippen LogP) is 3.85. The van der Waals surface area contributed by atoms with Gasteiger partial charge in [-0.2, -0.15) is 0 Å². The molecular formula is C20H25N3O2S. The summed E-state index contributed by atoms with van der Waals surface area (Å²) in [5.41, 5.74) is 2.70. The summed E-state index contributed by atoms with van der Waals surface area (Å²) >= 11 is 1.48. The normalized spacial score (nSPS) is 14.5. The highest BCUT2D eigenvalue weighted by molar-refractivity contribution is 7.13. The molecule has 1 N–H and O–H groups in total. The Kier molecular flexibility index (Phi) is 6.04. The van der Waals surface area contributed by atoms with Crippen molar-refractivity contribution in [1.29, 1.82) is 0 Å². The van der Waals surface area contributed by atoms with Gasteiger partial charge in [-0.1, -0.05) is 19.1 Å². The van der Waals surface area contributed by atoms with Gasteiger partial charge >= 0.3 is 0 Å². The molecule has 0 spiro atoms. The Hall–Kier alpha value is -2.21. The number of hydrogen-bond acceptors (Lipinski definition) is 4. The number of anilines is 1. The molecule has 0 unspecified atom stereocenters. The summed E-state index contributed by atoms with van der Waals surface area (Å²) in [5, 5.41) is 4.00. The van der Waals surface area contributed by atoms with Crippen molar-refractivity contribution in [3.63, 3.8) is 0 Å². The Labute approximate surface area is 158 Å². The quantitative estimate of drug-likeness (QED) is 0.839. The van der Waals surface area contributed by atoms with E-state index >= 15 is 0 Å². The lowest BCUT2D eigenvalue weighted by Gasteiger charge is -2.27. The number of aromatic nitrogens is 1. The molecule has 0 atom stereocenters. The molecule has 5 nitrogen and oxygen atoms in total. The number of carbonyl (C=O) groups excluding carboxylic acids is 2. The van der Waals surface area contributed by atoms with Crippen LogP contribution < -0.4 is 10.2 Å². The molecule has 0 aliphatic carbocycles. The van der Waals surface area contributed by atoms with E-state index in [1.807, 2.05) is 36.1 Å². The zero-order valence-electron chi connectivity index (χ0n) is 15.4. The maximum Gasteiger partial charge on any atom is 0.263 e. The van der Waals surface area contributed by atoms with Crippen LogP contribution in [0.4, 0.5) is 5.69 Å². The van der Waals surface area contributed by atoms with Crippen LogP contribution in [0.25, 0.3) is 0 Å².